The van der Waals surface area contributed by atoms with Gasteiger partial charge < -0.3 is 25.1 Å². The number of phenols is 1. The van der Waals surface area contributed by atoms with Gasteiger partial charge in [-0.25, -0.2) is 4.57 Å². The van der Waals surface area contributed by atoms with Crippen molar-refractivity contribution in [3.63, 3.8) is 0 Å². The number of nitrogens with one attached hydrogen (secondary N) is 1. The quantitative estimate of drug-likeness (QED) is 0.316. The van der Waals surface area contributed by atoms with Crippen LogP contribution in [0.5, 0.6) is 5.75 Å². The topological polar surface area (TPSA) is 147 Å². The third kappa shape index (κ3) is 5.02. The Bertz CT molecular complexity index is 735. The lowest BCUT2D eigenvalue weighted by molar-refractivity contribution is -0.185. The molecule has 0 saturated carbocycles. The number of hydrogen-bond donors (Lipinski definition) is 6. The highest BCUT2D eigenvalue weighted by molar-refractivity contribution is 7.49. The number of benzene rings is 1. The number of allylic oxidation sites excluding steroid dienone is 2. The summed E-state index contributed by atoms with van der Waals surface area (Å²) < 4.78 is 11.1. The Hall–Kier alpha value is -1.96. The highest BCUT2D eigenvalue weighted by Gasteiger charge is 2.38. The first-order chi connectivity index (χ1) is 11.1. The van der Waals surface area contributed by atoms with Crippen molar-refractivity contribution in [1.29, 1.82) is 0 Å². The van der Waals surface area contributed by atoms with E-state index in [0.29, 0.717) is 5.56 Å². The molecule has 0 spiro atoms. The molecule has 0 fully saturated rings. The molecule has 1 aliphatic carbocycles. The van der Waals surface area contributed by atoms with Gasteiger partial charge in [-0.1, -0.05) is 18.2 Å². The zero-order valence-electron chi connectivity index (χ0n) is 12.5. The van der Waals surface area contributed by atoms with E-state index in [1.165, 1.54) is 18.2 Å². The van der Waals surface area contributed by atoms with Crippen molar-refractivity contribution in [1.82, 2.24) is 5.09 Å². The third-order valence-corrected chi connectivity index (χ3v) is 4.10. The van der Waals surface area contributed by atoms with Crippen LogP contribution < -0.4 is 5.09 Å². The SMILES string of the molecule is O=C1C=CC(C(O)(O)CCc2cccc(O)c2)C(NP(=O)(O)O)=C1. The number of aryl methyl sites for hydroxylation is 1. The summed E-state index contributed by atoms with van der Waals surface area (Å²) in [6.07, 6.45) is 3.22. The lowest BCUT2D eigenvalue weighted by atomic mass is 9.87. The minimum atomic E-state index is -4.71. The summed E-state index contributed by atoms with van der Waals surface area (Å²) in [7, 11) is -4.71. The van der Waals surface area contributed by atoms with Crippen molar-refractivity contribution in [2.24, 2.45) is 5.92 Å². The fourth-order valence-corrected chi connectivity index (χ4v) is 2.99. The molecule has 0 aliphatic heterocycles. The molecule has 0 radical (unpaired) electrons. The average molecular weight is 355 g/mol. The number of ketones is 1. The van der Waals surface area contributed by atoms with E-state index >= 15 is 0 Å². The van der Waals surface area contributed by atoms with Gasteiger partial charge in [-0.2, -0.15) is 0 Å². The number of aromatic hydroxyl groups is 1. The molecule has 0 saturated heterocycles. The molecule has 130 valence electrons. The second-order valence-electron chi connectivity index (χ2n) is 5.54. The summed E-state index contributed by atoms with van der Waals surface area (Å²) in [5, 5.41) is 31.9. The molecule has 1 aliphatic rings. The van der Waals surface area contributed by atoms with Crippen molar-refractivity contribution in [3.8, 4) is 5.75 Å². The maximum Gasteiger partial charge on any atom is 0.427 e. The van der Waals surface area contributed by atoms with E-state index in [9.17, 15) is 24.7 Å². The summed E-state index contributed by atoms with van der Waals surface area (Å²) in [5.41, 5.74) is 0.392. The second-order valence-corrected chi connectivity index (χ2v) is 6.85. The molecular weight excluding hydrogens is 337 g/mol. The Labute approximate surface area is 138 Å². The van der Waals surface area contributed by atoms with Crippen LogP contribution in [0.15, 0.2) is 48.2 Å². The summed E-state index contributed by atoms with van der Waals surface area (Å²) >= 11 is 0. The van der Waals surface area contributed by atoms with Gasteiger partial charge >= 0.3 is 7.75 Å². The van der Waals surface area contributed by atoms with Gasteiger partial charge in [-0.05, 0) is 30.2 Å². The van der Waals surface area contributed by atoms with Crippen molar-refractivity contribution in [2.45, 2.75) is 18.6 Å². The fourth-order valence-electron chi connectivity index (χ4n) is 2.45. The van der Waals surface area contributed by atoms with Gasteiger partial charge in [0.15, 0.2) is 11.6 Å². The predicted molar refractivity (Wildman–Crippen MR) is 84.5 cm³/mol. The second kappa shape index (κ2) is 6.88. The Balaban J connectivity index is 2.16. The molecule has 0 aromatic heterocycles. The van der Waals surface area contributed by atoms with Crippen LogP contribution in [0.25, 0.3) is 0 Å². The normalized spacial score (nSPS) is 18.4. The molecule has 1 unspecified atom stereocenters. The number of hydrogen-bond acceptors (Lipinski definition) is 5. The van der Waals surface area contributed by atoms with Crippen molar-refractivity contribution >= 4 is 13.5 Å². The van der Waals surface area contributed by atoms with E-state index in [0.717, 1.165) is 12.2 Å². The minimum Gasteiger partial charge on any atom is -0.508 e. The van der Waals surface area contributed by atoms with E-state index in [4.69, 9.17) is 9.79 Å². The first-order valence-electron chi connectivity index (χ1n) is 7.07. The zero-order valence-corrected chi connectivity index (χ0v) is 13.4. The fraction of sp³-hybridized carbons (Fsp3) is 0.267. The van der Waals surface area contributed by atoms with Gasteiger partial charge in [0.1, 0.15) is 5.75 Å². The Morgan fingerprint density at radius 3 is 2.58 bits per heavy atom. The van der Waals surface area contributed by atoms with Crippen molar-refractivity contribution < 1.29 is 34.5 Å². The molecule has 1 atom stereocenters. The van der Waals surface area contributed by atoms with Gasteiger partial charge in [0, 0.05) is 18.2 Å². The van der Waals surface area contributed by atoms with Crippen LogP contribution >= 0.6 is 7.75 Å². The van der Waals surface area contributed by atoms with Gasteiger partial charge in [-0.15, -0.1) is 0 Å². The maximum absolute atomic E-state index is 11.4. The number of rotatable bonds is 6. The molecule has 9 heteroatoms. The summed E-state index contributed by atoms with van der Waals surface area (Å²) in [4.78, 5) is 29.4. The molecule has 24 heavy (non-hydrogen) atoms. The smallest absolute Gasteiger partial charge is 0.427 e. The van der Waals surface area contributed by atoms with E-state index in [-0.39, 0.29) is 24.3 Å². The van der Waals surface area contributed by atoms with Gasteiger partial charge in [0.25, 0.3) is 0 Å². The molecule has 6 N–H and O–H groups in total. The molecule has 0 bridgehead atoms. The summed E-state index contributed by atoms with van der Waals surface area (Å²) in [6.45, 7) is 0. The molecular formula is C15H18NO7P. The van der Waals surface area contributed by atoms with Gasteiger partial charge in [-0.3, -0.25) is 9.88 Å². The van der Waals surface area contributed by atoms with Gasteiger partial charge in [0.05, 0.1) is 5.92 Å². The average Bonchev–Trinajstić information content (AvgIpc) is 2.43. The third-order valence-electron chi connectivity index (χ3n) is 3.55. The molecule has 2 rings (SSSR count). The Morgan fingerprint density at radius 1 is 1.25 bits per heavy atom. The highest BCUT2D eigenvalue weighted by atomic mass is 31.2. The standard InChI is InChI=1S/C15H18NO7P/c17-11-3-1-2-10(8-11)6-7-15(19,20)13-5-4-12(18)9-14(13)16-24(21,22)23/h1-5,8-9,13,17,19-20H,6-7H2,(H3,16,21,22,23). The largest absolute Gasteiger partial charge is 0.508 e. The lowest BCUT2D eigenvalue weighted by Gasteiger charge is -2.33. The van der Waals surface area contributed by atoms with Crippen LogP contribution in [0, 0.1) is 5.92 Å². The molecule has 1 aromatic rings. The van der Waals surface area contributed by atoms with E-state index in [2.05, 4.69) is 0 Å². The van der Waals surface area contributed by atoms with Crippen LogP contribution in [-0.4, -0.2) is 36.7 Å². The number of aliphatic hydroxyl groups is 2. The summed E-state index contributed by atoms with van der Waals surface area (Å²) in [6, 6.07) is 6.26. The van der Waals surface area contributed by atoms with Crippen LogP contribution in [0.3, 0.4) is 0 Å². The van der Waals surface area contributed by atoms with Crippen LogP contribution in [0.2, 0.25) is 0 Å². The van der Waals surface area contributed by atoms with Crippen LogP contribution in [-0.2, 0) is 15.8 Å². The van der Waals surface area contributed by atoms with Crippen molar-refractivity contribution in [2.75, 3.05) is 0 Å². The van der Waals surface area contributed by atoms with E-state index < -0.39 is 25.2 Å². The number of carbonyl (C=O) groups is 1. The highest BCUT2D eigenvalue weighted by Crippen LogP contribution is 2.37. The first kappa shape index (κ1) is 18.4. The van der Waals surface area contributed by atoms with Gasteiger partial charge in [0.2, 0.25) is 0 Å². The first-order valence-corrected chi connectivity index (χ1v) is 8.68. The Kier molecular flexibility index (Phi) is 5.27. The Morgan fingerprint density at radius 2 is 1.96 bits per heavy atom. The van der Waals surface area contributed by atoms with Crippen LogP contribution in [0.4, 0.5) is 0 Å². The minimum absolute atomic E-state index is 0.0425. The molecule has 0 heterocycles. The molecule has 0 amide bonds. The van der Waals surface area contributed by atoms with E-state index in [1.807, 2.05) is 5.09 Å². The maximum atomic E-state index is 11.4. The number of carbonyl (C=O) groups excluding carboxylic acids is 1. The number of phenolic OH excluding ortho intramolecular Hbond substituents is 1. The predicted octanol–water partition coefficient (Wildman–Crippen LogP) is 0.327. The summed E-state index contributed by atoms with van der Waals surface area (Å²) in [5.74, 6) is -4.04. The van der Waals surface area contributed by atoms with E-state index in [1.54, 1.807) is 12.1 Å². The lowest BCUT2D eigenvalue weighted by Crippen LogP contribution is -2.42. The van der Waals surface area contributed by atoms with Crippen molar-refractivity contribution in [3.05, 3.63) is 53.8 Å². The monoisotopic (exact) mass is 355 g/mol. The van der Waals surface area contributed by atoms with Crippen LogP contribution in [0.1, 0.15) is 12.0 Å². The molecule has 1 aromatic carbocycles. The zero-order chi connectivity index (χ0) is 18.0. The molecule has 8 nitrogen and oxygen atoms in total.